The molecule has 2 aromatic rings. The van der Waals surface area contributed by atoms with Gasteiger partial charge in [-0.05, 0) is 23.8 Å². The lowest BCUT2D eigenvalue weighted by Crippen LogP contribution is -1.98. The van der Waals surface area contributed by atoms with E-state index in [1.165, 1.54) is 6.07 Å². The van der Waals surface area contributed by atoms with Crippen molar-refractivity contribution in [3.05, 3.63) is 50.4 Å². The van der Waals surface area contributed by atoms with Gasteiger partial charge in [-0.25, -0.2) is 8.42 Å². The number of halogens is 4. The van der Waals surface area contributed by atoms with Gasteiger partial charge in [0.2, 0.25) is 0 Å². The maximum Gasteiger partial charge on any atom is 0.177 e. The Morgan fingerprint density at radius 3 is 1.95 bits per heavy atom. The molecular weight excluding hydrogens is 362 g/mol. The standard InChI is InChI=1S/C13H8Cl4O2S/c1-20(18,19)11-4-2-3-8(12(11)16)7-5-9(14)13(17)10(15)6-7/h2-6H,1H3. The molecule has 0 spiro atoms. The minimum Gasteiger partial charge on any atom is -0.224 e. The molecule has 0 aliphatic heterocycles. The van der Waals surface area contributed by atoms with Crippen molar-refractivity contribution < 1.29 is 8.42 Å². The topological polar surface area (TPSA) is 34.1 Å². The van der Waals surface area contributed by atoms with Crippen molar-refractivity contribution in [1.82, 2.24) is 0 Å². The third kappa shape index (κ3) is 3.07. The second kappa shape index (κ2) is 5.74. The first kappa shape index (κ1) is 15.9. The largest absolute Gasteiger partial charge is 0.224 e. The Morgan fingerprint density at radius 2 is 1.45 bits per heavy atom. The lowest BCUT2D eigenvalue weighted by Gasteiger charge is -2.10. The molecule has 0 bridgehead atoms. The third-order valence-corrected chi connectivity index (χ3v) is 5.51. The summed E-state index contributed by atoms with van der Waals surface area (Å²) in [5, 5.41) is 0.918. The Balaban J connectivity index is 2.72. The van der Waals surface area contributed by atoms with Crippen LogP contribution >= 0.6 is 46.4 Å². The van der Waals surface area contributed by atoms with Crippen molar-refractivity contribution in [3.63, 3.8) is 0 Å². The molecular formula is C13H8Cl4O2S. The van der Waals surface area contributed by atoms with Crippen LogP contribution in [0.2, 0.25) is 20.1 Å². The average molecular weight is 370 g/mol. The van der Waals surface area contributed by atoms with Crippen LogP contribution in [0.5, 0.6) is 0 Å². The average Bonchev–Trinajstić information content (AvgIpc) is 2.34. The van der Waals surface area contributed by atoms with Gasteiger partial charge in [0.25, 0.3) is 0 Å². The molecule has 2 rings (SSSR count). The Morgan fingerprint density at radius 1 is 0.900 bits per heavy atom. The molecule has 0 saturated carbocycles. The van der Waals surface area contributed by atoms with E-state index in [9.17, 15) is 8.42 Å². The molecule has 0 fully saturated rings. The molecule has 2 aromatic carbocycles. The van der Waals surface area contributed by atoms with Crippen molar-refractivity contribution in [3.8, 4) is 11.1 Å². The molecule has 7 heteroatoms. The van der Waals surface area contributed by atoms with E-state index in [4.69, 9.17) is 46.4 Å². The molecule has 0 amide bonds. The van der Waals surface area contributed by atoms with E-state index < -0.39 is 9.84 Å². The maximum absolute atomic E-state index is 11.7. The summed E-state index contributed by atoms with van der Waals surface area (Å²) in [6.07, 6.45) is 1.10. The lowest BCUT2D eigenvalue weighted by atomic mass is 10.1. The molecule has 0 unspecified atom stereocenters. The maximum atomic E-state index is 11.7. The molecule has 0 aromatic heterocycles. The quantitative estimate of drug-likeness (QED) is 0.666. The van der Waals surface area contributed by atoms with Crippen LogP contribution in [-0.4, -0.2) is 14.7 Å². The van der Waals surface area contributed by atoms with Crippen LogP contribution in [0.25, 0.3) is 11.1 Å². The van der Waals surface area contributed by atoms with Crippen molar-refractivity contribution >= 4 is 56.2 Å². The van der Waals surface area contributed by atoms with Gasteiger partial charge >= 0.3 is 0 Å². The Kier molecular flexibility index (Phi) is 4.57. The highest BCUT2D eigenvalue weighted by Gasteiger charge is 2.17. The zero-order valence-corrected chi connectivity index (χ0v) is 14.0. The van der Waals surface area contributed by atoms with E-state index in [0.29, 0.717) is 11.1 Å². The van der Waals surface area contributed by atoms with Crippen molar-refractivity contribution in [1.29, 1.82) is 0 Å². The summed E-state index contributed by atoms with van der Waals surface area (Å²) in [6.45, 7) is 0. The molecule has 0 N–H and O–H groups in total. The summed E-state index contributed by atoms with van der Waals surface area (Å²) in [7, 11) is -3.42. The monoisotopic (exact) mass is 368 g/mol. The van der Waals surface area contributed by atoms with Crippen LogP contribution < -0.4 is 0 Å². The molecule has 106 valence electrons. The first-order valence-corrected chi connectivity index (χ1v) is 8.75. The lowest BCUT2D eigenvalue weighted by molar-refractivity contribution is 0.602. The highest BCUT2D eigenvalue weighted by Crippen LogP contribution is 2.39. The minimum atomic E-state index is -3.42. The van der Waals surface area contributed by atoms with Gasteiger partial charge in [-0.2, -0.15) is 0 Å². The summed E-state index contributed by atoms with van der Waals surface area (Å²) in [5.74, 6) is 0. The van der Waals surface area contributed by atoms with Gasteiger partial charge in [-0.3, -0.25) is 0 Å². The number of sulfone groups is 1. The summed E-state index contributed by atoms with van der Waals surface area (Å²) < 4.78 is 23.3. The van der Waals surface area contributed by atoms with Crippen molar-refractivity contribution in [2.75, 3.05) is 6.26 Å². The summed E-state index contributed by atoms with van der Waals surface area (Å²) in [4.78, 5) is 0.0545. The molecule has 0 heterocycles. The molecule has 2 nitrogen and oxygen atoms in total. The summed E-state index contributed by atoms with van der Waals surface area (Å²) in [5.41, 5.74) is 1.12. The fourth-order valence-electron chi connectivity index (χ4n) is 1.73. The number of hydrogen-bond acceptors (Lipinski definition) is 2. The van der Waals surface area contributed by atoms with Gasteiger partial charge in [-0.15, -0.1) is 0 Å². The van der Waals surface area contributed by atoms with E-state index in [2.05, 4.69) is 0 Å². The van der Waals surface area contributed by atoms with E-state index in [1.807, 2.05) is 0 Å². The van der Waals surface area contributed by atoms with Crippen LogP contribution in [0, 0.1) is 0 Å². The molecule has 0 saturated heterocycles. The van der Waals surface area contributed by atoms with Crippen molar-refractivity contribution in [2.45, 2.75) is 4.90 Å². The number of hydrogen-bond donors (Lipinski definition) is 0. The van der Waals surface area contributed by atoms with Crippen LogP contribution in [0.15, 0.2) is 35.2 Å². The highest BCUT2D eigenvalue weighted by atomic mass is 35.5. The third-order valence-electron chi connectivity index (χ3n) is 2.66. The Labute approximate surface area is 137 Å². The second-order valence-corrected chi connectivity index (χ2v) is 7.70. The fourth-order valence-corrected chi connectivity index (χ4v) is 3.74. The zero-order valence-electron chi connectivity index (χ0n) is 10.1. The van der Waals surface area contributed by atoms with E-state index in [0.717, 1.165) is 6.26 Å². The number of benzene rings is 2. The molecule has 0 radical (unpaired) electrons. The predicted molar refractivity (Wildman–Crippen MR) is 85.0 cm³/mol. The first-order valence-electron chi connectivity index (χ1n) is 5.35. The highest BCUT2D eigenvalue weighted by molar-refractivity contribution is 7.90. The van der Waals surface area contributed by atoms with Crippen LogP contribution in [0.1, 0.15) is 0 Å². The SMILES string of the molecule is CS(=O)(=O)c1cccc(-c2cc(Cl)c(Cl)c(Cl)c2)c1Cl. The van der Waals surface area contributed by atoms with Crippen LogP contribution in [-0.2, 0) is 9.84 Å². The fraction of sp³-hybridized carbons (Fsp3) is 0.0769. The van der Waals surface area contributed by atoms with Gasteiger partial charge < -0.3 is 0 Å². The predicted octanol–water partition coefficient (Wildman–Crippen LogP) is 5.37. The van der Waals surface area contributed by atoms with Crippen molar-refractivity contribution in [2.24, 2.45) is 0 Å². The minimum absolute atomic E-state index is 0.0545. The van der Waals surface area contributed by atoms with E-state index >= 15 is 0 Å². The number of rotatable bonds is 2. The van der Waals surface area contributed by atoms with Gasteiger partial charge in [0.05, 0.1) is 25.0 Å². The van der Waals surface area contributed by atoms with Gasteiger partial charge in [0.1, 0.15) is 0 Å². The van der Waals surface area contributed by atoms with Crippen LogP contribution in [0.4, 0.5) is 0 Å². The molecule has 0 aliphatic rings. The first-order chi connectivity index (χ1) is 9.21. The van der Waals surface area contributed by atoms with Gasteiger partial charge in [0.15, 0.2) is 9.84 Å². The summed E-state index contributed by atoms with van der Waals surface area (Å²) >= 11 is 24.0. The normalized spacial score (nSPS) is 11.7. The van der Waals surface area contributed by atoms with E-state index in [-0.39, 0.29) is 25.0 Å². The molecule has 0 atom stereocenters. The van der Waals surface area contributed by atoms with Crippen LogP contribution in [0.3, 0.4) is 0 Å². The summed E-state index contributed by atoms with van der Waals surface area (Å²) in [6, 6.07) is 7.91. The van der Waals surface area contributed by atoms with Gasteiger partial charge in [-0.1, -0.05) is 58.5 Å². The Hall–Kier alpha value is -0.450. The smallest absolute Gasteiger partial charge is 0.177 e. The second-order valence-electron chi connectivity index (χ2n) is 4.14. The van der Waals surface area contributed by atoms with E-state index in [1.54, 1.807) is 24.3 Å². The zero-order chi connectivity index (χ0) is 15.1. The molecule has 20 heavy (non-hydrogen) atoms. The molecule has 0 aliphatic carbocycles. The van der Waals surface area contributed by atoms with Gasteiger partial charge in [0, 0.05) is 11.8 Å². The Bertz CT molecular complexity index is 762.